The van der Waals surface area contributed by atoms with Gasteiger partial charge in [0.25, 0.3) is 0 Å². The third kappa shape index (κ3) is 3.12. The Morgan fingerprint density at radius 1 is 1.25 bits per heavy atom. The highest BCUT2D eigenvalue weighted by Crippen LogP contribution is 2.04. The zero-order valence-electron chi connectivity index (χ0n) is 10.4. The van der Waals surface area contributed by atoms with E-state index in [4.69, 9.17) is 4.74 Å². The molecule has 16 heavy (non-hydrogen) atoms. The Bertz CT molecular complexity index is 368. The summed E-state index contributed by atoms with van der Waals surface area (Å²) < 4.78 is 7.88. The van der Waals surface area contributed by atoms with Gasteiger partial charge < -0.3 is 4.74 Å². The van der Waals surface area contributed by atoms with Crippen molar-refractivity contribution in [1.82, 2.24) is 14.3 Å². The molecule has 0 saturated carbocycles. The van der Waals surface area contributed by atoms with E-state index in [0.29, 0.717) is 12.6 Å². The maximum atomic E-state index is 11.7. The van der Waals surface area contributed by atoms with Crippen molar-refractivity contribution in [2.75, 3.05) is 7.11 Å². The number of unbranched alkanes of at least 4 members (excludes halogenated alkanes) is 4. The van der Waals surface area contributed by atoms with Gasteiger partial charge in [0.2, 0.25) is 0 Å². The van der Waals surface area contributed by atoms with Crippen LogP contribution in [0.15, 0.2) is 4.79 Å². The van der Waals surface area contributed by atoms with Gasteiger partial charge in [-0.15, -0.1) is 5.10 Å². The molecular formula is C11H21N3O2. The van der Waals surface area contributed by atoms with Gasteiger partial charge in [-0.05, 0) is 6.42 Å². The molecule has 1 rings (SSSR count). The maximum Gasteiger partial charge on any atom is 0.348 e. The lowest BCUT2D eigenvalue weighted by Gasteiger charge is -1.99. The summed E-state index contributed by atoms with van der Waals surface area (Å²) in [7, 11) is 3.19. The SMILES string of the molecule is CCCCCCCn1nc(OC)n(C)c1=O. The van der Waals surface area contributed by atoms with Crippen LogP contribution in [0.2, 0.25) is 0 Å². The van der Waals surface area contributed by atoms with E-state index in [0.717, 1.165) is 12.8 Å². The van der Waals surface area contributed by atoms with Crippen molar-refractivity contribution >= 4 is 0 Å². The Balaban J connectivity index is 2.45. The summed E-state index contributed by atoms with van der Waals surface area (Å²) in [6.07, 6.45) is 5.88. The molecule has 0 aliphatic heterocycles. The quantitative estimate of drug-likeness (QED) is 0.664. The van der Waals surface area contributed by atoms with E-state index in [-0.39, 0.29) is 5.69 Å². The summed E-state index contributed by atoms with van der Waals surface area (Å²) in [5.74, 6) is 0. The normalized spacial score (nSPS) is 10.7. The Kier molecular flexibility index (Phi) is 5.08. The van der Waals surface area contributed by atoms with E-state index < -0.39 is 0 Å². The molecule has 0 fully saturated rings. The predicted molar refractivity (Wildman–Crippen MR) is 62.8 cm³/mol. The van der Waals surface area contributed by atoms with Crippen molar-refractivity contribution < 1.29 is 4.74 Å². The van der Waals surface area contributed by atoms with Gasteiger partial charge in [-0.25, -0.2) is 14.0 Å². The number of aromatic nitrogens is 3. The van der Waals surface area contributed by atoms with E-state index in [2.05, 4.69) is 12.0 Å². The summed E-state index contributed by atoms with van der Waals surface area (Å²) in [6.45, 7) is 2.87. The molecule has 1 aromatic heterocycles. The van der Waals surface area contributed by atoms with Crippen LogP contribution in [0.3, 0.4) is 0 Å². The number of nitrogens with zero attached hydrogens (tertiary/aromatic N) is 3. The number of methoxy groups -OCH3 is 1. The second kappa shape index (κ2) is 6.35. The van der Waals surface area contributed by atoms with Crippen LogP contribution < -0.4 is 10.4 Å². The van der Waals surface area contributed by atoms with E-state index >= 15 is 0 Å². The van der Waals surface area contributed by atoms with Crippen molar-refractivity contribution in [1.29, 1.82) is 0 Å². The molecule has 1 aromatic rings. The van der Waals surface area contributed by atoms with E-state index in [9.17, 15) is 4.79 Å². The first-order valence-corrected chi connectivity index (χ1v) is 5.88. The van der Waals surface area contributed by atoms with Crippen LogP contribution in [0.25, 0.3) is 0 Å². The first-order chi connectivity index (χ1) is 7.70. The number of ether oxygens (including phenoxy) is 1. The predicted octanol–water partition coefficient (Wildman–Crippen LogP) is 1.56. The molecular weight excluding hydrogens is 206 g/mol. The number of rotatable bonds is 7. The van der Waals surface area contributed by atoms with Gasteiger partial charge in [-0.2, -0.15) is 0 Å². The van der Waals surface area contributed by atoms with Gasteiger partial charge in [0, 0.05) is 13.6 Å². The zero-order chi connectivity index (χ0) is 12.0. The van der Waals surface area contributed by atoms with E-state index in [1.54, 1.807) is 7.05 Å². The molecule has 0 unspecified atom stereocenters. The van der Waals surface area contributed by atoms with Crippen LogP contribution in [-0.4, -0.2) is 21.5 Å². The highest BCUT2D eigenvalue weighted by molar-refractivity contribution is 4.91. The van der Waals surface area contributed by atoms with Crippen LogP contribution in [0.5, 0.6) is 6.01 Å². The van der Waals surface area contributed by atoms with E-state index in [1.807, 2.05) is 0 Å². The molecule has 0 amide bonds. The summed E-state index contributed by atoms with van der Waals surface area (Å²) in [5.41, 5.74) is -0.104. The Labute approximate surface area is 96.0 Å². The Morgan fingerprint density at radius 2 is 1.94 bits per heavy atom. The minimum absolute atomic E-state index is 0.104. The molecule has 0 aliphatic carbocycles. The largest absolute Gasteiger partial charge is 0.467 e. The molecule has 92 valence electrons. The standard InChI is InChI=1S/C11H21N3O2/c1-4-5-6-7-8-9-14-11(15)13(2)10(12-14)16-3/h4-9H2,1-3H3. The molecule has 0 saturated heterocycles. The summed E-state index contributed by atoms with van der Waals surface area (Å²) >= 11 is 0. The number of hydrogen-bond donors (Lipinski definition) is 0. The first kappa shape index (κ1) is 12.8. The Morgan fingerprint density at radius 3 is 2.50 bits per heavy atom. The van der Waals surface area contributed by atoms with Crippen molar-refractivity contribution in [2.24, 2.45) is 7.05 Å². The second-order valence-corrected chi connectivity index (χ2v) is 3.97. The highest BCUT2D eigenvalue weighted by Gasteiger charge is 2.08. The average Bonchev–Trinajstić information content (AvgIpc) is 2.56. The molecule has 0 aliphatic rings. The van der Waals surface area contributed by atoms with Crippen LogP contribution in [-0.2, 0) is 13.6 Å². The summed E-state index contributed by atoms with van der Waals surface area (Å²) in [5, 5.41) is 4.09. The minimum Gasteiger partial charge on any atom is -0.467 e. The van der Waals surface area contributed by atoms with Crippen LogP contribution >= 0.6 is 0 Å². The van der Waals surface area contributed by atoms with Crippen LogP contribution in [0, 0.1) is 0 Å². The van der Waals surface area contributed by atoms with Gasteiger partial charge >= 0.3 is 11.7 Å². The molecule has 1 heterocycles. The van der Waals surface area contributed by atoms with Gasteiger partial charge in [-0.1, -0.05) is 32.6 Å². The maximum absolute atomic E-state index is 11.7. The molecule has 0 bridgehead atoms. The molecule has 5 heteroatoms. The van der Waals surface area contributed by atoms with Gasteiger partial charge in [0.15, 0.2) is 0 Å². The van der Waals surface area contributed by atoms with Crippen molar-refractivity contribution in [3.63, 3.8) is 0 Å². The zero-order valence-corrected chi connectivity index (χ0v) is 10.4. The fourth-order valence-corrected chi connectivity index (χ4v) is 1.66. The number of hydrogen-bond acceptors (Lipinski definition) is 3. The van der Waals surface area contributed by atoms with Crippen molar-refractivity contribution in [2.45, 2.75) is 45.6 Å². The fraction of sp³-hybridized carbons (Fsp3) is 0.818. The lowest BCUT2D eigenvalue weighted by molar-refractivity contribution is 0.359. The summed E-state index contributed by atoms with van der Waals surface area (Å²) in [4.78, 5) is 11.7. The fourth-order valence-electron chi connectivity index (χ4n) is 1.66. The lowest BCUT2D eigenvalue weighted by atomic mass is 10.1. The van der Waals surface area contributed by atoms with Crippen LogP contribution in [0.4, 0.5) is 0 Å². The van der Waals surface area contributed by atoms with Crippen molar-refractivity contribution in [3.05, 3.63) is 10.5 Å². The second-order valence-electron chi connectivity index (χ2n) is 3.97. The first-order valence-electron chi connectivity index (χ1n) is 5.88. The monoisotopic (exact) mass is 227 g/mol. The summed E-state index contributed by atoms with van der Waals surface area (Å²) in [6, 6.07) is 0.374. The molecule has 0 radical (unpaired) electrons. The highest BCUT2D eigenvalue weighted by atomic mass is 16.5. The van der Waals surface area contributed by atoms with Gasteiger partial charge in [-0.3, -0.25) is 0 Å². The van der Waals surface area contributed by atoms with Gasteiger partial charge in [0.05, 0.1) is 7.11 Å². The third-order valence-corrected chi connectivity index (χ3v) is 2.66. The smallest absolute Gasteiger partial charge is 0.348 e. The topological polar surface area (TPSA) is 49.0 Å². The minimum atomic E-state index is -0.104. The number of aryl methyl sites for hydroxylation is 1. The van der Waals surface area contributed by atoms with Gasteiger partial charge in [0.1, 0.15) is 0 Å². The van der Waals surface area contributed by atoms with Crippen LogP contribution in [0.1, 0.15) is 39.0 Å². The third-order valence-electron chi connectivity index (χ3n) is 2.66. The average molecular weight is 227 g/mol. The Hall–Kier alpha value is -1.26. The molecule has 0 aromatic carbocycles. The lowest BCUT2D eigenvalue weighted by Crippen LogP contribution is -2.23. The molecule has 0 spiro atoms. The molecule has 0 atom stereocenters. The van der Waals surface area contributed by atoms with Crippen molar-refractivity contribution in [3.8, 4) is 6.01 Å². The molecule has 5 nitrogen and oxygen atoms in total. The van der Waals surface area contributed by atoms with E-state index in [1.165, 1.54) is 35.6 Å². The molecule has 0 N–H and O–H groups in total.